The standard InChI is InChI=1S/C4H10O.C2H6O2.2CHNO/c1-2-3-4-5;3-1-2-4;2*2-1-3/h5H,2-4H2,1H3;3-4H,1-2H2;2*2H. The maximum Gasteiger partial charge on any atom is 0.231 e. The van der Waals surface area contributed by atoms with Crippen LogP contribution in [0.4, 0.5) is 0 Å². The molecule has 5 N–H and O–H groups in total. The predicted octanol–water partition coefficient (Wildman–Crippen LogP) is -0.448. The molecule has 0 aromatic carbocycles. The second kappa shape index (κ2) is 53.8. The van der Waals surface area contributed by atoms with E-state index in [9.17, 15) is 0 Å². The first-order valence-corrected chi connectivity index (χ1v) is 4.06. The van der Waals surface area contributed by atoms with Crippen LogP contribution in [0.25, 0.3) is 0 Å². The Hall–Kier alpha value is -1.36. The predicted molar refractivity (Wildman–Crippen MR) is 53.0 cm³/mol. The van der Waals surface area contributed by atoms with Gasteiger partial charge in [-0.2, -0.15) is 0 Å². The van der Waals surface area contributed by atoms with E-state index in [0.29, 0.717) is 6.61 Å². The van der Waals surface area contributed by atoms with Gasteiger partial charge in [-0.15, -0.1) is 0 Å². The summed E-state index contributed by atoms with van der Waals surface area (Å²) in [5.41, 5.74) is 0. The molecule has 90 valence electrons. The molecule has 0 saturated heterocycles. The SMILES string of the molecule is CCCCO.N=C=O.N=C=O.OCCO. The van der Waals surface area contributed by atoms with Gasteiger partial charge in [0.15, 0.2) is 0 Å². The van der Waals surface area contributed by atoms with Gasteiger partial charge in [0.1, 0.15) is 0 Å². The van der Waals surface area contributed by atoms with Crippen LogP contribution in [0.15, 0.2) is 0 Å². The molecule has 0 heterocycles. The van der Waals surface area contributed by atoms with Gasteiger partial charge in [-0.1, -0.05) is 13.3 Å². The van der Waals surface area contributed by atoms with E-state index in [1.54, 1.807) is 0 Å². The van der Waals surface area contributed by atoms with Gasteiger partial charge in [-0.05, 0) is 6.42 Å². The zero-order chi connectivity index (χ0) is 12.9. The molecule has 0 atom stereocenters. The van der Waals surface area contributed by atoms with Gasteiger partial charge in [0.05, 0.1) is 13.2 Å². The molecule has 0 fully saturated rings. The van der Waals surface area contributed by atoms with E-state index >= 15 is 0 Å². The van der Waals surface area contributed by atoms with E-state index in [4.69, 9.17) is 35.7 Å². The highest BCUT2D eigenvalue weighted by atomic mass is 16.3. The van der Waals surface area contributed by atoms with E-state index in [1.807, 2.05) is 0 Å². The lowest BCUT2D eigenvalue weighted by molar-refractivity contribution is 0.186. The average Bonchev–Trinajstić information content (AvgIpc) is 2.22. The number of aliphatic hydroxyl groups excluding tert-OH is 3. The topological polar surface area (TPSA) is 143 Å². The van der Waals surface area contributed by atoms with Crippen LogP contribution in [-0.4, -0.2) is 47.3 Å². The summed E-state index contributed by atoms with van der Waals surface area (Å²) in [6.45, 7) is 2.15. The molecule has 15 heavy (non-hydrogen) atoms. The van der Waals surface area contributed by atoms with Gasteiger partial charge >= 0.3 is 0 Å². The van der Waals surface area contributed by atoms with Crippen molar-refractivity contribution in [2.45, 2.75) is 19.8 Å². The van der Waals surface area contributed by atoms with Crippen molar-refractivity contribution < 1.29 is 24.9 Å². The van der Waals surface area contributed by atoms with E-state index in [-0.39, 0.29) is 13.2 Å². The summed E-state index contributed by atoms with van der Waals surface area (Å²) in [6, 6.07) is 0. The van der Waals surface area contributed by atoms with E-state index in [0.717, 1.165) is 25.0 Å². The second-order valence-corrected chi connectivity index (χ2v) is 1.73. The normalized spacial score (nSPS) is 5.87. The third-order valence-electron chi connectivity index (χ3n) is 0.612. The molecule has 0 aromatic heterocycles. The molecule has 0 unspecified atom stereocenters. The molecule has 0 aromatic rings. The minimum atomic E-state index is -0.125. The van der Waals surface area contributed by atoms with Crippen LogP contribution >= 0.6 is 0 Å². The zero-order valence-corrected chi connectivity index (χ0v) is 8.69. The van der Waals surface area contributed by atoms with Gasteiger partial charge in [0.2, 0.25) is 12.2 Å². The molecule has 0 amide bonds. The second-order valence-electron chi connectivity index (χ2n) is 1.73. The first-order valence-electron chi connectivity index (χ1n) is 4.06. The fourth-order valence-electron chi connectivity index (χ4n) is 0.158. The van der Waals surface area contributed by atoms with Crippen molar-refractivity contribution >= 4 is 12.2 Å². The molecule has 0 rings (SSSR count). The Balaban J connectivity index is -0.0000000553. The molecule has 0 radical (unpaired) electrons. The highest BCUT2D eigenvalue weighted by Crippen LogP contribution is 1.78. The monoisotopic (exact) mass is 222 g/mol. The van der Waals surface area contributed by atoms with Crippen molar-refractivity contribution in [1.82, 2.24) is 0 Å². The first kappa shape index (κ1) is 23.5. The van der Waals surface area contributed by atoms with Gasteiger partial charge in [-0.3, -0.25) is 0 Å². The molecule has 7 heteroatoms. The average molecular weight is 222 g/mol. The summed E-state index contributed by atoms with van der Waals surface area (Å²) in [5, 5.41) is 34.1. The van der Waals surface area contributed by atoms with Crippen molar-refractivity contribution in [2.24, 2.45) is 0 Å². The Labute approximate surface area is 88.4 Å². The van der Waals surface area contributed by atoms with Crippen molar-refractivity contribution in [1.29, 1.82) is 10.8 Å². The number of rotatable bonds is 3. The fraction of sp³-hybridized carbons (Fsp3) is 0.750. The van der Waals surface area contributed by atoms with Crippen molar-refractivity contribution in [3.63, 3.8) is 0 Å². The Morgan fingerprint density at radius 2 is 1.20 bits per heavy atom. The molecule has 0 aliphatic carbocycles. The smallest absolute Gasteiger partial charge is 0.231 e. The lowest BCUT2D eigenvalue weighted by atomic mass is 10.4. The van der Waals surface area contributed by atoms with Crippen LogP contribution in [0.5, 0.6) is 0 Å². The lowest BCUT2D eigenvalue weighted by Gasteiger charge is -1.79. The first-order chi connectivity index (χ1) is 7.16. The number of isocyanates is 2. The van der Waals surface area contributed by atoms with Gasteiger partial charge in [0.25, 0.3) is 0 Å². The Morgan fingerprint density at radius 1 is 0.933 bits per heavy atom. The summed E-state index contributed by atoms with van der Waals surface area (Å²) in [5.74, 6) is 0. The van der Waals surface area contributed by atoms with E-state index in [1.165, 1.54) is 0 Å². The van der Waals surface area contributed by atoms with Crippen LogP contribution < -0.4 is 0 Å². The quantitative estimate of drug-likeness (QED) is 0.324. The largest absolute Gasteiger partial charge is 0.396 e. The van der Waals surface area contributed by atoms with Crippen LogP contribution in [0.1, 0.15) is 19.8 Å². The summed E-state index contributed by atoms with van der Waals surface area (Å²) < 4.78 is 0. The highest BCUT2D eigenvalue weighted by molar-refractivity contribution is 5.26. The van der Waals surface area contributed by atoms with E-state index in [2.05, 4.69) is 6.92 Å². The number of hydrogen-bond donors (Lipinski definition) is 5. The maximum absolute atomic E-state index is 8.35. The number of nitrogens with one attached hydrogen (secondary N) is 2. The third-order valence-corrected chi connectivity index (χ3v) is 0.612. The Bertz CT molecular complexity index is 124. The third kappa shape index (κ3) is 532. The fourth-order valence-corrected chi connectivity index (χ4v) is 0.158. The molecule has 0 aliphatic heterocycles. The minimum absolute atomic E-state index is 0.125. The van der Waals surface area contributed by atoms with Gasteiger partial charge in [-0.25, -0.2) is 20.4 Å². The number of carbonyl (C=O) groups excluding carboxylic acids is 2. The molecule has 0 spiro atoms. The van der Waals surface area contributed by atoms with Gasteiger partial charge < -0.3 is 15.3 Å². The molecule has 0 saturated carbocycles. The molecule has 0 aliphatic rings. The van der Waals surface area contributed by atoms with Crippen molar-refractivity contribution in [3.05, 3.63) is 0 Å². The van der Waals surface area contributed by atoms with Crippen LogP contribution in [-0.2, 0) is 9.59 Å². The van der Waals surface area contributed by atoms with Crippen LogP contribution in [0.2, 0.25) is 0 Å². The summed E-state index contributed by atoms with van der Waals surface area (Å²) in [4.78, 5) is 16.7. The van der Waals surface area contributed by atoms with Crippen LogP contribution in [0, 0.1) is 10.8 Å². The molecular weight excluding hydrogens is 204 g/mol. The van der Waals surface area contributed by atoms with Gasteiger partial charge in [0, 0.05) is 6.61 Å². The maximum atomic E-state index is 8.35. The Morgan fingerprint density at radius 3 is 1.20 bits per heavy atom. The summed E-state index contributed by atoms with van der Waals surface area (Å²) in [7, 11) is 0. The zero-order valence-electron chi connectivity index (χ0n) is 8.69. The minimum Gasteiger partial charge on any atom is -0.396 e. The highest BCUT2D eigenvalue weighted by Gasteiger charge is 1.69. The number of hydrogen-bond acceptors (Lipinski definition) is 7. The molecule has 0 bridgehead atoms. The van der Waals surface area contributed by atoms with Crippen molar-refractivity contribution in [3.8, 4) is 0 Å². The van der Waals surface area contributed by atoms with E-state index < -0.39 is 0 Å². The molecule has 7 nitrogen and oxygen atoms in total. The number of aliphatic hydroxyl groups is 3. The summed E-state index contributed by atoms with van der Waals surface area (Å²) in [6.07, 6.45) is 3.54. The number of unbranched alkanes of at least 4 members (excludes halogenated alkanes) is 1. The Kier molecular flexibility index (Phi) is 84.2. The lowest BCUT2D eigenvalue weighted by Crippen LogP contribution is -1.85. The summed E-state index contributed by atoms with van der Waals surface area (Å²) >= 11 is 0. The van der Waals surface area contributed by atoms with Crippen molar-refractivity contribution in [2.75, 3.05) is 19.8 Å². The van der Waals surface area contributed by atoms with Crippen LogP contribution in [0.3, 0.4) is 0 Å². The molecular formula is C8H18N2O5.